The van der Waals surface area contributed by atoms with Crippen LogP contribution in [-0.4, -0.2) is 90.1 Å². The summed E-state index contributed by atoms with van der Waals surface area (Å²) in [7, 11) is 1.83. The summed E-state index contributed by atoms with van der Waals surface area (Å²) in [6.45, 7) is 13.1. The van der Waals surface area contributed by atoms with Crippen molar-refractivity contribution in [1.29, 1.82) is 0 Å². The van der Waals surface area contributed by atoms with E-state index in [-0.39, 0.29) is 24.0 Å². The van der Waals surface area contributed by atoms with Gasteiger partial charge in [0.25, 0.3) is 0 Å². The Kier molecular flexibility index (Phi) is 14.1. The third-order valence-electron chi connectivity index (χ3n) is 6.36. The minimum Gasteiger partial charge on any atom is -0.381 e. The van der Waals surface area contributed by atoms with Crippen molar-refractivity contribution < 1.29 is 9.47 Å². The van der Waals surface area contributed by atoms with Gasteiger partial charge in [-0.3, -0.25) is 9.89 Å². The van der Waals surface area contributed by atoms with Gasteiger partial charge in [0.1, 0.15) is 0 Å². The highest BCUT2D eigenvalue weighted by atomic mass is 127. The van der Waals surface area contributed by atoms with Gasteiger partial charge in [0, 0.05) is 78.4 Å². The van der Waals surface area contributed by atoms with Gasteiger partial charge in [-0.25, -0.2) is 0 Å². The van der Waals surface area contributed by atoms with E-state index in [2.05, 4.69) is 56.6 Å². The molecule has 0 spiro atoms. The Morgan fingerprint density at radius 2 is 1.82 bits per heavy atom. The third kappa shape index (κ3) is 10.8. The SMILES string of the molecule is CN=C(NCCCOCC1CCOCC1)NCCCN1CCN(c2cccc(C)c2)CC1.I. The number of benzene rings is 1. The van der Waals surface area contributed by atoms with Gasteiger partial charge in [0.05, 0.1) is 0 Å². The topological polar surface area (TPSA) is 61.4 Å². The minimum absolute atomic E-state index is 0. The number of aliphatic imine (C=N–C) groups is 1. The average Bonchev–Trinajstić information content (AvgIpc) is 2.83. The predicted octanol–water partition coefficient (Wildman–Crippen LogP) is 3.12. The summed E-state index contributed by atoms with van der Waals surface area (Å²) in [4.78, 5) is 9.40. The van der Waals surface area contributed by atoms with E-state index in [4.69, 9.17) is 9.47 Å². The Morgan fingerprint density at radius 1 is 1.09 bits per heavy atom. The maximum atomic E-state index is 5.83. The molecule has 0 bridgehead atoms. The Hall–Kier alpha value is -1.10. The second kappa shape index (κ2) is 16.5. The first-order valence-corrected chi connectivity index (χ1v) is 12.4. The highest BCUT2D eigenvalue weighted by molar-refractivity contribution is 14.0. The molecular weight excluding hydrogens is 529 g/mol. The van der Waals surface area contributed by atoms with Gasteiger partial charge in [0.2, 0.25) is 0 Å². The van der Waals surface area contributed by atoms with Crippen molar-refractivity contribution in [1.82, 2.24) is 15.5 Å². The monoisotopic (exact) mass is 573 g/mol. The second-order valence-electron chi connectivity index (χ2n) is 8.93. The molecule has 188 valence electrons. The molecule has 3 rings (SSSR count). The van der Waals surface area contributed by atoms with Crippen LogP contribution in [0.5, 0.6) is 0 Å². The number of piperazine rings is 1. The second-order valence-corrected chi connectivity index (χ2v) is 8.93. The van der Waals surface area contributed by atoms with Crippen LogP contribution in [-0.2, 0) is 9.47 Å². The molecule has 2 aliphatic rings. The molecular formula is C25H44IN5O2. The molecule has 0 amide bonds. The molecule has 0 aliphatic carbocycles. The number of nitrogens with one attached hydrogen (secondary N) is 2. The third-order valence-corrected chi connectivity index (χ3v) is 6.36. The Morgan fingerprint density at radius 3 is 2.52 bits per heavy atom. The Labute approximate surface area is 217 Å². The largest absolute Gasteiger partial charge is 0.381 e. The van der Waals surface area contributed by atoms with Crippen LogP contribution < -0.4 is 15.5 Å². The molecule has 1 aromatic carbocycles. The van der Waals surface area contributed by atoms with Crippen molar-refractivity contribution in [2.75, 3.05) is 84.2 Å². The summed E-state index contributed by atoms with van der Waals surface area (Å²) < 4.78 is 11.2. The van der Waals surface area contributed by atoms with Gasteiger partial charge in [0.15, 0.2) is 5.96 Å². The van der Waals surface area contributed by atoms with E-state index in [1.54, 1.807) is 0 Å². The number of anilines is 1. The van der Waals surface area contributed by atoms with Gasteiger partial charge in [-0.2, -0.15) is 0 Å². The van der Waals surface area contributed by atoms with Crippen LogP contribution in [0.3, 0.4) is 0 Å². The summed E-state index contributed by atoms with van der Waals surface area (Å²) in [5.41, 5.74) is 2.69. The van der Waals surface area contributed by atoms with Crippen molar-refractivity contribution in [3.05, 3.63) is 29.8 Å². The zero-order valence-electron chi connectivity index (χ0n) is 20.6. The summed E-state index contributed by atoms with van der Waals surface area (Å²) >= 11 is 0. The smallest absolute Gasteiger partial charge is 0.190 e. The summed E-state index contributed by atoms with van der Waals surface area (Å²) in [6, 6.07) is 8.84. The lowest BCUT2D eigenvalue weighted by atomic mass is 10.0. The van der Waals surface area contributed by atoms with E-state index < -0.39 is 0 Å². The average molecular weight is 574 g/mol. The summed E-state index contributed by atoms with van der Waals surface area (Å²) in [5, 5.41) is 6.83. The first-order chi connectivity index (χ1) is 15.7. The van der Waals surface area contributed by atoms with Gasteiger partial charge in [-0.15, -0.1) is 24.0 Å². The zero-order chi connectivity index (χ0) is 22.4. The molecule has 0 saturated carbocycles. The molecule has 0 aromatic heterocycles. The van der Waals surface area contributed by atoms with Crippen molar-refractivity contribution in [2.24, 2.45) is 10.9 Å². The number of ether oxygens (including phenoxy) is 2. The van der Waals surface area contributed by atoms with E-state index in [0.717, 1.165) is 104 Å². The molecule has 33 heavy (non-hydrogen) atoms. The van der Waals surface area contributed by atoms with Crippen molar-refractivity contribution >= 4 is 35.6 Å². The van der Waals surface area contributed by atoms with Crippen LogP contribution in [0.2, 0.25) is 0 Å². The molecule has 2 fully saturated rings. The number of nitrogens with zero attached hydrogens (tertiary/aromatic N) is 3. The quantitative estimate of drug-likeness (QED) is 0.184. The summed E-state index contributed by atoms with van der Waals surface area (Å²) in [6.07, 6.45) is 4.39. The summed E-state index contributed by atoms with van der Waals surface area (Å²) in [5.74, 6) is 1.57. The van der Waals surface area contributed by atoms with Gasteiger partial charge < -0.3 is 25.0 Å². The molecule has 2 heterocycles. The lowest BCUT2D eigenvalue weighted by molar-refractivity contribution is 0.0203. The van der Waals surface area contributed by atoms with Crippen LogP contribution in [0.1, 0.15) is 31.2 Å². The lowest BCUT2D eigenvalue weighted by Gasteiger charge is -2.36. The fourth-order valence-electron chi connectivity index (χ4n) is 4.33. The molecule has 1 aromatic rings. The molecule has 2 aliphatic heterocycles. The van der Waals surface area contributed by atoms with Crippen LogP contribution in [0.25, 0.3) is 0 Å². The van der Waals surface area contributed by atoms with Gasteiger partial charge in [-0.1, -0.05) is 12.1 Å². The first kappa shape index (κ1) is 28.1. The van der Waals surface area contributed by atoms with E-state index in [1.165, 1.54) is 11.3 Å². The van der Waals surface area contributed by atoms with E-state index >= 15 is 0 Å². The minimum atomic E-state index is 0. The lowest BCUT2D eigenvalue weighted by Crippen LogP contribution is -2.47. The number of hydrogen-bond donors (Lipinski definition) is 2. The number of aryl methyl sites for hydroxylation is 1. The Bertz CT molecular complexity index is 677. The predicted molar refractivity (Wildman–Crippen MR) is 148 cm³/mol. The van der Waals surface area contributed by atoms with Crippen molar-refractivity contribution in [3.8, 4) is 0 Å². The number of hydrogen-bond acceptors (Lipinski definition) is 5. The highest BCUT2D eigenvalue weighted by Crippen LogP contribution is 2.18. The fraction of sp³-hybridized carbons (Fsp3) is 0.720. The fourth-order valence-corrected chi connectivity index (χ4v) is 4.33. The standard InChI is InChI=1S/C25H43N5O2.HI/c1-22-6-3-7-24(20-22)30-15-13-29(14-16-30)12-4-10-27-25(26-2)28-11-5-17-32-21-23-8-18-31-19-9-23;/h3,6-7,20,23H,4-5,8-19,21H2,1-2H3,(H2,26,27,28);1H. The first-order valence-electron chi connectivity index (χ1n) is 12.4. The van der Waals surface area contributed by atoms with E-state index in [0.29, 0.717) is 5.92 Å². The number of guanidine groups is 1. The van der Waals surface area contributed by atoms with Crippen LogP contribution in [0, 0.1) is 12.8 Å². The molecule has 0 atom stereocenters. The molecule has 2 saturated heterocycles. The molecule has 0 unspecified atom stereocenters. The number of halogens is 1. The van der Waals surface area contributed by atoms with E-state index in [9.17, 15) is 0 Å². The molecule has 8 heteroatoms. The maximum absolute atomic E-state index is 5.83. The van der Waals surface area contributed by atoms with Crippen LogP contribution in [0.4, 0.5) is 5.69 Å². The maximum Gasteiger partial charge on any atom is 0.190 e. The van der Waals surface area contributed by atoms with Gasteiger partial charge >= 0.3 is 0 Å². The number of rotatable bonds is 11. The molecule has 0 radical (unpaired) electrons. The Balaban J connectivity index is 0.00000385. The van der Waals surface area contributed by atoms with Crippen molar-refractivity contribution in [2.45, 2.75) is 32.6 Å². The van der Waals surface area contributed by atoms with Crippen molar-refractivity contribution in [3.63, 3.8) is 0 Å². The molecule has 2 N–H and O–H groups in total. The highest BCUT2D eigenvalue weighted by Gasteiger charge is 2.17. The van der Waals surface area contributed by atoms with E-state index in [1.807, 2.05) is 7.05 Å². The van der Waals surface area contributed by atoms with Gasteiger partial charge in [-0.05, 0) is 62.8 Å². The zero-order valence-corrected chi connectivity index (χ0v) is 22.9. The van der Waals surface area contributed by atoms with Crippen LogP contribution in [0.15, 0.2) is 29.3 Å². The molecule has 7 nitrogen and oxygen atoms in total. The van der Waals surface area contributed by atoms with Crippen LogP contribution >= 0.6 is 24.0 Å². The normalized spacial score (nSPS) is 18.1.